The van der Waals surface area contributed by atoms with Crippen LogP contribution in [-0.4, -0.2) is 9.55 Å². The summed E-state index contributed by atoms with van der Waals surface area (Å²) in [5.41, 5.74) is 10.3. The van der Waals surface area contributed by atoms with Crippen molar-refractivity contribution in [2.24, 2.45) is 12.8 Å². The van der Waals surface area contributed by atoms with Crippen LogP contribution < -0.4 is 5.73 Å². The first-order valence-corrected chi connectivity index (χ1v) is 6.47. The van der Waals surface area contributed by atoms with E-state index >= 15 is 0 Å². The molecule has 0 saturated heterocycles. The van der Waals surface area contributed by atoms with E-state index in [-0.39, 0.29) is 0 Å². The zero-order chi connectivity index (χ0) is 13.2. The van der Waals surface area contributed by atoms with Gasteiger partial charge in [0.15, 0.2) is 0 Å². The van der Waals surface area contributed by atoms with Crippen molar-refractivity contribution in [1.82, 2.24) is 9.55 Å². The Morgan fingerprint density at radius 1 is 1.05 bits per heavy atom. The third-order valence-corrected chi connectivity index (χ3v) is 3.51. The Labute approximate surface area is 112 Å². The second kappa shape index (κ2) is 4.86. The van der Waals surface area contributed by atoms with Gasteiger partial charge in [-0.25, -0.2) is 4.98 Å². The molecule has 3 aromatic rings. The Bertz CT molecular complexity index is 699. The third-order valence-electron chi connectivity index (χ3n) is 3.51. The molecule has 3 rings (SSSR count). The highest BCUT2D eigenvalue weighted by Gasteiger charge is 2.10. The minimum Gasteiger partial charge on any atom is -0.331 e. The largest absolute Gasteiger partial charge is 0.331 e. The second-order valence-electron chi connectivity index (χ2n) is 4.74. The van der Waals surface area contributed by atoms with Gasteiger partial charge >= 0.3 is 0 Å². The molecule has 0 aliphatic heterocycles. The molecule has 0 bridgehead atoms. The molecule has 0 atom stereocenters. The average Bonchev–Trinajstić information content (AvgIpc) is 2.77. The van der Waals surface area contributed by atoms with Gasteiger partial charge < -0.3 is 10.3 Å². The Kier molecular flexibility index (Phi) is 3.05. The van der Waals surface area contributed by atoms with Crippen LogP contribution in [0.2, 0.25) is 0 Å². The van der Waals surface area contributed by atoms with E-state index < -0.39 is 0 Å². The summed E-state index contributed by atoms with van der Waals surface area (Å²) < 4.78 is 2.15. The molecule has 1 aromatic heterocycles. The van der Waals surface area contributed by atoms with Gasteiger partial charge in [-0.2, -0.15) is 0 Å². The van der Waals surface area contributed by atoms with Crippen LogP contribution in [0.15, 0.2) is 48.5 Å². The van der Waals surface area contributed by atoms with Crippen LogP contribution in [0.3, 0.4) is 0 Å². The molecule has 2 N–H and O–H groups in total. The highest BCUT2D eigenvalue weighted by atomic mass is 15.1. The van der Waals surface area contributed by atoms with Gasteiger partial charge in [-0.15, -0.1) is 0 Å². The van der Waals surface area contributed by atoms with Crippen molar-refractivity contribution >= 4 is 11.0 Å². The molecule has 1 heterocycles. The van der Waals surface area contributed by atoms with Crippen LogP contribution in [0.4, 0.5) is 0 Å². The summed E-state index contributed by atoms with van der Waals surface area (Å²) in [6.07, 6.45) is 0.843. The van der Waals surface area contributed by atoms with Gasteiger partial charge in [0.1, 0.15) is 5.82 Å². The molecule has 19 heavy (non-hydrogen) atoms. The molecule has 0 aliphatic carbocycles. The molecule has 3 nitrogen and oxygen atoms in total. The summed E-state index contributed by atoms with van der Waals surface area (Å²) in [6, 6.07) is 16.6. The third kappa shape index (κ3) is 2.13. The summed E-state index contributed by atoms with van der Waals surface area (Å²) in [5, 5.41) is 0. The molecule has 3 heteroatoms. The van der Waals surface area contributed by atoms with Crippen molar-refractivity contribution in [3.05, 3.63) is 65.5 Å². The molecular formula is C16H17N3. The van der Waals surface area contributed by atoms with Crippen LogP contribution in [0, 0.1) is 0 Å². The minimum atomic E-state index is 0.527. The number of rotatable bonds is 3. The number of fused-ring (bicyclic) bond motifs is 1. The van der Waals surface area contributed by atoms with Crippen molar-refractivity contribution in [3.8, 4) is 0 Å². The van der Waals surface area contributed by atoms with Gasteiger partial charge in [0.2, 0.25) is 0 Å². The van der Waals surface area contributed by atoms with Crippen LogP contribution in [-0.2, 0) is 20.0 Å². The fraction of sp³-hybridized carbons (Fsp3) is 0.188. The molecule has 0 unspecified atom stereocenters. The highest BCUT2D eigenvalue weighted by molar-refractivity contribution is 5.79. The number of nitrogens with two attached hydrogens (primary N) is 1. The quantitative estimate of drug-likeness (QED) is 0.777. The molecule has 0 amide bonds. The first-order valence-electron chi connectivity index (χ1n) is 6.47. The number of benzene rings is 2. The van der Waals surface area contributed by atoms with Gasteiger partial charge in [0.25, 0.3) is 0 Å². The van der Waals surface area contributed by atoms with Gasteiger partial charge in [0, 0.05) is 20.0 Å². The van der Waals surface area contributed by atoms with Crippen LogP contribution in [0.25, 0.3) is 11.0 Å². The SMILES string of the molecule is Cn1c(Cc2ccccc2)nc2c(CN)cccc21. The Morgan fingerprint density at radius 2 is 1.84 bits per heavy atom. The maximum absolute atomic E-state index is 5.78. The zero-order valence-corrected chi connectivity index (χ0v) is 11.0. The predicted octanol–water partition coefficient (Wildman–Crippen LogP) is 2.62. The van der Waals surface area contributed by atoms with Gasteiger partial charge in [-0.3, -0.25) is 0 Å². The van der Waals surface area contributed by atoms with E-state index in [0.29, 0.717) is 6.54 Å². The maximum atomic E-state index is 5.78. The van der Waals surface area contributed by atoms with E-state index in [0.717, 1.165) is 28.8 Å². The predicted molar refractivity (Wildman–Crippen MR) is 77.9 cm³/mol. The second-order valence-corrected chi connectivity index (χ2v) is 4.74. The van der Waals surface area contributed by atoms with E-state index in [9.17, 15) is 0 Å². The maximum Gasteiger partial charge on any atom is 0.114 e. The molecule has 0 spiro atoms. The number of aromatic nitrogens is 2. The van der Waals surface area contributed by atoms with Gasteiger partial charge in [-0.05, 0) is 17.2 Å². The Morgan fingerprint density at radius 3 is 2.58 bits per heavy atom. The molecule has 2 aromatic carbocycles. The zero-order valence-electron chi connectivity index (χ0n) is 11.0. The summed E-state index contributed by atoms with van der Waals surface area (Å²) in [7, 11) is 2.06. The van der Waals surface area contributed by atoms with Crippen molar-refractivity contribution in [1.29, 1.82) is 0 Å². The number of imidazole rings is 1. The summed E-state index contributed by atoms with van der Waals surface area (Å²) in [5.74, 6) is 1.07. The normalized spacial score (nSPS) is 11.1. The Hall–Kier alpha value is -2.13. The van der Waals surface area contributed by atoms with Crippen LogP contribution in [0.5, 0.6) is 0 Å². The molecule has 96 valence electrons. The smallest absolute Gasteiger partial charge is 0.114 e. The Balaban J connectivity index is 2.08. The molecule has 0 fully saturated rings. The number of para-hydroxylation sites is 1. The minimum absolute atomic E-state index is 0.527. The van der Waals surface area contributed by atoms with Crippen LogP contribution in [0.1, 0.15) is 17.0 Å². The summed E-state index contributed by atoms with van der Waals surface area (Å²) in [6.45, 7) is 0.527. The van der Waals surface area contributed by atoms with E-state index in [1.807, 2.05) is 18.2 Å². The van der Waals surface area contributed by atoms with E-state index in [4.69, 9.17) is 10.7 Å². The van der Waals surface area contributed by atoms with Crippen molar-refractivity contribution < 1.29 is 0 Å². The van der Waals surface area contributed by atoms with Crippen molar-refractivity contribution in [2.75, 3.05) is 0 Å². The van der Waals surface area contributed by atoms with E-state index in [1.165, 1.54) is 5.56 Å². The first-order chi connectivity index (χ1) is 9.29. The van der Waals surface area contributed by atoms with Crippen molar-refractivity contribution in [2.45, 2.75) is 13.0 Å². The molecular weight excluding hydrogens is 234 g/mol. The summed E-state index contributed by atoms with van der Waals surface area (Å²) >= 11 is 0. The monoisotopic (exact) mass is 251 g/mol. The fourth-order valence-electron chi connectivity index (χ4n) is 2.42. The van der Waals surface area contributed by atoms with Crippen molar-refractivity contribution in [3.63, 3.8) is 0 Å². The molecule has 0 aliphatic rings. The number of hydrogen-bond donors (Lipinski definition) is 1. The van der Waals surface area contributed by atoms with Crippen LogP contribution >= 0.6 is 0 Å². The lowest BCUT2D eigenvalue weighted by Crippen LogP contribution is -1.98. The van der Waals surface area contributed by atoms with E-state index in [2.05, 4.69) is 41.9 Å². The summed E-state index contributed by atoms with van der Waals surface area (Å²) in [4.78, 5) is 4.76. The molecule has 0 radical (unpaired) electrons. The van der Waals surface area contributed by atoms with Gasteiger partial charge in [0.05, 0.1) is 11.0 Å². The lowest BCUT2D eigenvalue weighted by atomic mass is 10.1. The average molecular weight is 251 g/mol. The lowest BCUT2D eigenvalue weighted by Gasteiger charge is -2.02. The standard InChI is InChI=1S/C16H17N3/c1-19-14-9-5-8-13(11-17)16(14)18-15(19)10-12-6-3-2-4-7-12/h2-9H,10-11,17H2,1H3. The topological polar surface area (TPSA) is 43.8 Å². The number of nitrogens with zero attached hydrogens (tertiary/aromatic N) is 2. The molecule has 0 saturated carbocycles. The number of hydrogen-bond acceptors (Lipinski definition) is 2. The lowest BCUT2D eigenvalue weighted by molar-refractivity contribution is 0.844. The van der Waals surface area contributed by atoms with Gasteiger partial charge in [-0.1, -0.05) is 42.5 Å². The fourth-order valence-corrected chi connectivity index (χ4v) is 2.42. The number of aryl methyl sites for hydroxylation is 1. The first kappa shape index (κ1) is 11.9. The highest BCUT2D eigenvalue weighted by Crippen LogP contribution is 2.20. The van der Waals surface area contributed by atoms with E-state index in [1.54, 1.807) is 0 Å².